The minimum Gasteiger partial charge on any atom is -0.480 e. The van der Waals surface area contributed by atoms with E-state index < -0.39 is 27.8 Å². The van der Waals surface area contributed by atoms with Crippen molar-refractivity contribution in [1.82, 2.24) is 5.32 Å². The van der Waals surface area contributed by atoms with Crippen molar-refractivity contribution in [3.05, 3.63) is 29.8 Å². The highest BCUT2D eigenvalue weighted by Gasteiger charge is 2.25. The molecule has 7 heteroatoms. The van der Waals surface area contributed by atoms with Gasteiger partial charge in [-0.25, -0.2) is 13.2 Å². The van der Waals surface area contributed by atoms with Crippen molar-refractivity contribution in [2.45, 2.75) is 44.6 Å². The van der Waals surface area contributed by atoms with E-state index in [2.05, 4.69) is 5.32 Å². The van der Waals surface area contributed by atoms with Crippen LogP contribution in [0.2, 0.25) is 0 Å². The number of rotatable bonds is 8. The minimum atomic E-state index is -3.34. The summed E-state index contributed by atoms with van der Waals surface area (Å²) >= 11 is 0. The zero-order valence-electron chi connectivity index (χ0n) is 13.6. The van der Waals surface area contributed by atoms with Crippen LogP contribution in [0.15, 0.2) is 29.2 Å². The average molecular weight is 341 g/mol. The molecule has 0 saturated carbocycles. The van der Waals surface area contributed by atoms with Crippen LogP contribution in [-0.2, 0) is 25.8 Å². The maximum absolute atomic E-state index is 12.1. The molecule has 0 fully saturated rings. The maximum atomic E-state index is 12.1. The van der Waals surface area contributed by atoms with Gasteiger partial charge in [-0.2, -0.15) is 0 Å². The third kappa shape index (κ3) is 5.35. The van der Waals surface area contributed by atoms with Crippen LogP contribution in [0.5, 0.6) is 0 Å². The Labute approximate surface area is 136 Å². The molecule has 0 unspecified atom stereocenters. The lowest BCUT2D eigenvalue weighted by atomic mass is 9.99. The second kappa shape index (κ2) is 8.10. The first-order valence-electron chi connectivity index (χ1n) is 7.55. The van der Waals surface area contributed by atoms with Gasteiger partial charge >= 0.3 is 5.97 Å². The van der Waals surface area contributed by atoms with Crippen LogP contribution in [0.25, 0.3) is 0 Å². The number of aliphatic carboxylic acids is 1. The van der Waals surface area contributed by atoms with E-state index in [4.69, 9.17) is 0 Å². The highest BCUT2D eigenvalue weighted by atomic mass is 32.2. The van der Waals surface area contributed by atoms with Crippen molar-refractivity contribution < 1.29 is 23.1 Å². The van der Waals surface area contributed by atoms with Gasteiger partial charge in [-0.3, -0.25) is 4.79 Å². The molecule has 0 saturated heterocycles. The molecule has 1 aromatic rings. The van der Waals surface area contributed by atoms with E-state index in [0.29, 0.717) is 12.0 Å². The molecule has 0 aliphatic rings. The van der Waals surface area contributed by atoms with Crippen LogP contribution < -0.4 is 5.32 Å². The van der Waals surface area contributed by atoms with Crippen molar-refractivity contribution in [2.75, 3.05) is 5.75 Å². The van der Waals surface area contributed by atoms with Crippen LogP contribution in [0.3, 0.4) is 0 Å². The van der Waals surface area contributed by atoms with Crippen LogP contribution in [0.1, 0.15) is 32.8 Å². The third-order valence-electron chi connectivity index (χ3n) is 3.80. The molecular weight excluding hydrogens is 318 g/mol. The van der Waals surface area contributed by atoms with E-state index in [0.717, 1.165) is 0 Å². The van der Waals surface area contributed by atoms with Crippen molar-refractivity contribution in [1.29, 1.82) is 0 Å². The zero-order chi connectivity index (χ0) is 17.6. The van der Waals surface area contributed by atoms with Gasteiger partial charge in [0, 0.05) is 0 Å². The Morgan fingerprint density at radius 2 is 1.91 bits per heavy atom. The molecule has 0 aliphatic heterocycles. The number of hydrogen-bond acceptors (Lipinski definition) is 4. The fourth-order valence-electron chi connectivity index (χ4n) is 2.11. The van der Waals surface area contributed by atoms with Gasteiger partial charge in [0.1, 0.15) is 6.04 Å². The summed E-state index contributed by atoms with van der Waals surface area (Å²) in [6.07, 6.45) is 0.564. The molecule has 0 radical (unpaired) electrons. The minimum absolute atomic E-state index is 0.0161. The number of carbonyl (C=O) groups is 2. The standard InChI is InChI=1S/C16H23NO5S/c1-4-11(3)15(16(19)20)17-14(18)10-12-7-6-8-13(9-12)23(21,22)5-2/h6-9,11,15H,4-5,10H2,1-3H3,(H,17,18)(H,19,20)/t11-,15-/m0/s1. The van der Waals surface area contributed by atoms with E-state index in [-0.39, 0.29) is 23.0 Å². The van der Waals surface area contributed by atoms with Gasteiger partial charge < -0.3 is 10.4 Å². The first kappa shape index (κ1) is 19.2. The van der Waals surface area contributed by atoms with E-state index in [1.54, 1.807) is 26.0 Å². The normalized spacial score (nSPS) is 14.0. The monoisotopic (exact) mass is 341 g/mol. The van der Waals surface area contributed by atoms with E-state index >= 15 is 0 Å². The molecular formula is C16H23NO5S. The summed E-state index contributed by atoms with van der Waals surface area (Å²) in [6.45, 7) is 5.16. The summed E-state index contributed by atoms with van der Waals surface area (Å²) in [5.41, 5.74) is 0.533. The average Bonchev–Trinajstić information content (AvgIpc) is 2.51. The number of hydrogen-bond donors (Lipinski definition) is 2. The molecule has 0 aliphatic carbocycles. The number of nitrogens with one attached hydrogen (secondary N) is 1. The van der Waals surface area contributed by atoms with Crippen LogP contribution in [0.4, 0.5) is 0 Å². The number of amides is 1. The molecule has 1 aromatic carbocycles. The number of benzene rings is 1. The molecule has 128 valence electrons. The molecule has 0 heterocycles. The summed E-state index contributed by atoms with van der Waals surface area (Å²) in [6, 6.07) is 5.22. The van der Waals surface area contributed by atoms with E-state index in [9.17, 15) is 23.1 Å². The summed E-state index contributed by atoms with van der Waals surface area (Å²) in [7, 11) is -3.34. The van der Waals surface area contributed by atoms with Crippen molar-refractivity contribution in [2.24, 2.45) is 5.92 Å². The number of carboxylic acids is 1. The molecule has 0 aromatic heterocycles. The first-order chi connectivity index (χ1) is 10.7. The molecule has 1 amide bonds. The fourth-order valence-corrected chi connectivity index (χ4v) is 3.06. The molecule has 2 N–H and O–H groups in total. The molecule has 0 spiro atoms. The van der Waals surface area contributed by atoms with Gasteiger partial charge in [-0.15, -0.1) is 0 Å². The first-order valence-corrected chi connectivity index (χ1v) is 9.20. The number of carbonyl (C=O) groups excluding carboxylic acids is 1. The quantitative estimate of drug-likeness (QED) is 0.748. The summed E-state index contributed by atoms with van der Waals surface area (Å²) in [5.74, 6) is -1.72. The smallest absolute Gasteiger partial charge is 0.326 e. The Kier molecular flexibility index (Phi) is 6.75. The third-order valence-corrected chi connectivity index (χ3v) is 5.53. The van der Waals surface area contributed by atoms with Crippen molar-refractivity contribution in [3.8, 4) is 0 Å². The van der Waals surface area contributed by atoms with Gasteiger partial charge in [0.15, 0.2) is 9.84 Å². The van der Waals surface area contributed by atoms with E-state index in [1.807, 2.05) is 6.92 Å². The second-order valence-electron chi connectivity index (χ2n) is 5.50. The molecule has 1 rings (SSSR count). The lowest BCUT2D eigenvalue weighted by molar-refractivity contribution is -0.143. The predicted molar refractivity (Wildman–Crippen MR) is 86.9 cm³/mol. The largest absolute Gasteiger partial charge is 0.480 e. The SMILES string of the molecule is CC[C@H](C)[C@H](NC(=O)Cc1cccc(S(=O)(=O)CC)c1)C(=O)O. The topological polar surface area (TPSA) is 101 Å². The highest BCUT2D eigenvalue weighted by Crippen LogP contribution is 2.14. The number of carboxylic acid groups (broad SMARTS) is 1. The zero-order valence-corrected chi connectivity index (χ0v) is 14.4. The van der Waals surface area contributed by atoms with Crippen LogP contribution in [0, 0.1) is 5.92 Å². The molecule has 2 atom stereocenters. The van der Waals surface area contributed by atoms with Gasteiger partial charge in [0.05, 0.1) is 17.1 Å². The Morgan fingerprint density at radius 1 is 1.26 bits per heavy atom. The van der Waals surface area contributed by atoms with Crippen molar-refractivity contribution >= 4 is 21.7 Å². The van der Waals surface area contributed by atoms with Crippen molar-refractivity contribution in [3.63, 3.8) is 0 Å². The second-order valence-corrected chi connectivity index (χ2v) is 7.77. The summed E-state index contributed by atoms with van der Waals surface area (Å²) < 4.78 is 23.7. The van der Waals surface area contributed by atoms with Gasteiger partial charge in [0.2, 0.25) is 5.91 Å². The molecule has 6 nitrogen and oxygen atoms in total. The van der Waals surface area contributed by atoms with Gasteiger partial charge in [-0.1, -0.05) is 39.3 Å². The van der Waals surface area contributed by atoms with Crippen LogP contribution in [-0.4, -0.2) is 37.2 Å². The van der Waals surface area contributed by atoms with Crippen LogP contribution >= 0.6 is 0 Å². The van der Waals surface area contributed by atoms with Gasteiger partial charge in [0.25, 0.3) is 0 Å². The fraction of sp³-hybridized carbons (Fsp3) is 0.500. The predicted octanol–water partition coefficient (Wildman–Crippen LogP) is 1.64. The van der Waals surface area contributed by atoms with Gasteiger partial charge in [-0.05, 0) is 23.6 Å². The Bertz CT molecular complexity index is 669. The summed E-state index contributed by atoms with van der Waals surface area (Å²) in [4.78, 5) is 23.4. The Balaban J connectivity index is 2.86. The molecule has 23 heavy (non-hydrogen) atoms. The summed E-state index contributed by atoms with van der Waals surface area (Å²) in [5, 5.41) is 11.7. The molecule has 0 bridgehead atoms. The Morgan fingerprint density at radius 3 is 2.43 bits per heavy atom. The number of sulfone groups is 1. The lowest BCUT2D eigenvalue weighted by Crippen LogP contribution is -2.45. The Hall–Kier alpha value is -1.89. The maximum Gasteiger partial charge on any atom is 0.326 e. The lowest BCUT2D eigenvalue weighted by Gasteiger charge is -2.20. The van der Waals surface area contributed by atoms with E-state index in [1.165, 1.54) is 12.1 Å². The highest BCUT2D eigenvalue weighted by molar-refractivity contribution is 7.91.